The van der Waals surface area contributed by atoms with Crippen LogP contribution in [0.2, 0.25) is 0 Å². The Hall–Kier alpha value is -3.91. The van der Waals surface area contributed by atoms with Gasteiger partial charge in [0.25, 0.3) is 0 Å². The zero-order chi connectivity index (χ0) is 19.2. The SMILES string of the molecule is c1ccc(-c2cnc3[nH]nc(-c4nc5c(-c6ccsc6)nccc5[nH]4)c3c2)nc1. The Morgan fingerprint density at radius 2 is 1.90 bits per heavy atom. The van der Waals surface area contributed by atoms with Gasteiger partial charge in [-0.25, -0.2) is 9.97 Å². The fraction of sp³-hybridized carbons (Fsp3) is 0. The number of thiophene rings is 1. The van der Waals surface area contributed by atoms with Gasteiger partial charge in [-0.2, -0.15) is 16.4 Å². The van der Waals surface area contributed by atoms with Crippen LogP contribution < -0.4 is 0 Å². The van der Waals surface area contributed by atoms with Crippen LogP contribution in [0.25, 0.3) is 56.1 Å². The zero-order valence-corrected chi connectivity index (χ0v) is 15.8. The molecular formula is C21H13N7S. The van der Waals surface area contributed by atoms with Crippen LogP contribution in [0.5, 0.6) is 0 Å². The Morgan fingerprint density at radius 3 is 2.76 bits per heavy atom. The number of nitrogens with one attached hydrogen (secondary N) is 2. The molecule has 0 saturated heterocycles. The van der Waals surface area contributed by atoms with Crippen molar-refractivity contribution in [2.75, 3.05) is 0 Å². The predicted molar refractivity (Wildman–Crippen MR) is 113 cm³/mol. The molecule has 29 heavy (non-hydrogen) atoms. The monoisotopic (exact) mass is 395 g/mol. The molecule has 0 bridgehead atoms. The van der Waals surface area contributed by atoms with Crippen LogP contribution in [0, 0.1) is 0 Å². The zero-order valence-electron chi connectivity index (χ0n) is 15.0. The summed E-state index contributed by atoms with van der Waals surface area (Å²) in [6.07, 6.45) is 5.36. The van der Waals surface area contributed by atoms with E-state index in [4.69, 9.17) is 4.98 Å². The average molecular weight is 395 g/mol. The molecule has 0 amide bonds. The standard InChI is InChI=1S/C21H13N7S/c1-2-6-22-15(3-1)13-9-14-18(27-28-20(14)24-10-13)21-25-16-4-7-23-17(19(16)26-21)12-5-8-29-11-12/h1-11H,(H,25,26)(H,24,27,28). The van der Waals surface area contributed by atoms with Crippen LogP contribution >= 0.6 is 11.3 Å². The number of aromatic amines is 2. The highest BCUT2D eigenvalue weighted by molar-refractivity contribution is 7.08. The summed E-state index contributed by atoms with van der Waals surface area (Å²) in [6, 6.07) is 11.8. The Bertz CT molecular complexity index is 1450. The first-order valence-corrected chi connectivity index (χ1v) is 9.94. The number of pyridine rings is 3. The second-order valence-electron chi connectivity index (χ2n) is 6.56. The third-order valence-corrected chi connectivity index (χ3v) is 5.48. The quantitative estimate of drug-likeness (QED) is 0.453. The maximum absolute atomic E-state index is 4.82. The van der Waals surface area contributed by atoms with Crippen LogP contribution in [0.4, 0.5) is 0 Å². The fourth-order valence-corrected chi connectivity index (χ4v) is 4.06. The Labute approximate surface area is 168 Å². The number of H-pyrrole nitrogens is 2. The van der Waals surface area contributed by atoms with E-state index in [2.05, 4.69) is 35.5 Å². The molecule has 6 aromatic heterocycles. The van der Waals surface area contributed by atoms with E-state index in [-0.39, 0.29) is 0 Å². The van der Waals surface area contributed by atoms with Gasteiger partial charge in [-0.1, -0.05) is 6.07 Å². The van der Waals surface area contributed by atoms with Crippen LogP contribution in [-0.4, -0.2) is 35.1 Å². The van der Waals surface area contributed by atoms with E-state index in [9.17, 15) is 0 Å². The molecule has 0 aliphatic carbocycles. The Morgan fingerprint density at radius 1 is 0.897 bits per heavy atom. The molecule has 0 aromatic carbocycles. The summed E-state index contributed by atoms with van der Waals surface area (Å²) in [5, 5.41) is 12.5. The molecule has 0 fully saturated rings. The molecule has 0 spiro atoms. The van der Waals surface area contributed by atoms with E-state index < -0.39 is 0 Å². The average Bonchev–Trinajstić information content (AvgIpc) is 3.52. The summed E-state index contributed by atoms with van der Waals surface area (Å²) < 4.78 is 0. The molecular weight excluding hydrogens is 382 g/mol. The van der Waals surface area contributed by atoms with Crippen molar-refractivity contribution in [2.45, 2.75) is 0 Å². The molecule has 6 aromatic rings. The highest BCUT2D eigenvalue weighted by atomic mass is 32.1. The Balaban J connectivity index is 1.53. The molecule has 7 nitrogen and oxygen atoms in total. The van der Waals surface area contributed by atoms with Crippen molar-refractivity contribution in [3.05, 3.63) is 65.7 Å². The van der Waals surface area contributed by atoms with E-state index in [1.165, 1.54) is 0 Å². The second-order valence-corrected chi connectivity index (χ2v) is 7.34. The van der Waals surface area contributed by atoms with Gasteiger partial charge in [0, 0.05) is 35.1 Å². The fourth-order valence-electron chi connectivity index (χ4n) is 3.42. The highest BCUT2D eigenvalue weighted by Crippen LogP contribution is 2.31. The van der Waals surface area contributed by atoms with E-state index in [0.717, 1.165) is 44.6 Å². The van der Waals surface area contributed by atoms with Crippen LogP contribution in [0.3, 0.4) is 0 Å². The van der Waals surface area contributed by atoms with Gasteiger partial charge in [-0.15, -0.1) is 0 Å². The van der Waals surface area contributed by atoms with Gasteiger partial charge < -0.3 is 4.98 Å². The van der Waals surface area contributed by atoms with Crippen molar-refractivity contribution in [3.8, 4) is 34.0 Å². The van der Waals surface area contributed by atoms with Crippen LogP contribution in [0.1, 0.15) is 0 Å². The number of hydrogen-bond acceptors (Lipinski definition) is 6. The van der Waals surface area contributed by atoms with Gasteiger partial charge in [-0.3, -0.25) is 15.1 Å². The first-order chi connectivity index (χ1) is 14.4. The van der Waals surface area contributed by atoms with Gasteiger partial charge in [0.15, 0.2) is 11.5 Å². The molecule has 6 rings (SSSR count). The lowest BCUT2D eigenvalue weighted by Crippen LogP contribution is -1.86. The predicted octanol–water partition coefficient (Wildman–Crippen LogP) is 4.69. The number of aromatic nitrogens is 7. The minimum atomic E-state index is 0.677. The van der Waals surface area contributed by atoms with Crippen LogP contribution in [-0.2, 0) is 0 Å². The number of hydrogen-bond donors (Lipinski definition) is 2. The summed E-state index contributed by atoms with van der Waals surface area (Å²) >= 11 is 1.64. The lowest BCUT2D eigenvalue weighted by Gasteiger charge is -2.00. The minimum Gasteiger partial charge on any atom is -0.336 e. The van der Waals surface area contributed by atoms with Crippen molar-refractivity contribution in [2.24, 2.45) is 0 Å². The van der Waals surface area contributed by atoms with Crippen LogP contribution in [0.15, 0.2) is 65.7 Å². The Kier molecular flexibility index (Phi) is 3.50. The largest absolute Gasteiger partial charge is 0.336 e. The number of imidazole rings is 1. The van der Waals surface area contributed by atoms with E-state index in [1.54, 1.807) is 29.9 Å². The first-order valence-electron chi connectivity index (χ1n) is 9.00. The molecule has 0 aliphatic heterocycles. The molecule has 0 aliphatic rings. The number of fused-ring (bicyclic) bond motifs is 2. The van der Waals surface area contributed by atoms with Crippen molar-refractivity contribution in [3.63, 3.8) is 0 Å². The number of rotatable bonds is 3. The molecule has 2 N–H and O–H groups in total. The summed E-state index contributed by atoms with van der Waals surface area (Å²) in [6.45, 7) is 0. The van der Waals surface area contributed by atoms with Crippen molar-refractivity contribution < 1.29 is 0 Å². The molecule has 8 heteroatoms. The molecule has 0 unspecified atom stereocenters. The van der Waals surface area contributed by atoms with Crippen molar-refractivity contribution >= 4 is 33.4 Å². The van der Waals surface area contributed by atoms with Gasteiger partial charge in [-0.05, 0) is 35.7 Å². The number of nitrogens with zero attached hydrogens (tertiary/aromatic N) is 5. The summed E-state index contributed by atoms with van der Waals surface area (Å²) in [7, 11) is 0. The third kappa shape index (κ3) is 2.61. The lowest BCUT2D eigenvalue weighted by atomic mass is 10.1. The lowest BCUT2D eigenvalue weighted by molar-refractivity contribution is 1.09. The molecule has 0 radical (unpaired) electrons. The molecule has 0 atom stereocenters. The first kappa shape index (κ1) is 16.1. The topological polar surface area (TPSA) is 96.0 Å². The minimum absolute atomic E-state index is 0.677. The van der Waals surface area contributed by atoms with Gasteiger partial charge in [0.05, 0.1) is 22.3 Å². The highest BCUT2D eigenvalue weighted by Gasteiger charge is 2.17. The summed E-state index contributed by atoms with van der Waals surface area (Å²) in [5.41, 5.74) is 6.88. The summed E-state index contributed by atoms with van der Waals surface area (Å²) in [5.74, 6) is 0.677. The van der Waals surface area contributed by atoms with E-state index >= 15 is 0 Å². The molecule has 6 heterocycles. The van der Waals surface area contributed by atoms with Gasteiger partial charge in [0.2, 0.25) is 0 Å². The van der Waals surface area contributed by atoms with Crippen molar-refractivity contribution in [1.82, 2.24) is 35.1 Å². The maximum Gasteiger partial charge on any atom is 0.159 e. The van der Waals surface area contributed by atoms with E-state index in [1.807, 2.05) is 41.8 Å². The van der Waals surface area contributed by atoms with E-state index in [0.29, 0.717) is 11.5 Å². The van der Waals surface area contributed by atoms with Crippen molar-refractivity contribution in [1.29, 1.82) is 0 Å². The smallest absolute Gasteiger partial charge is 0.159 e. The molecule has 138 valence electrons. The van der Waals surface area contributed by atoms with Gasteiger partial charge in [0.1, 0.15) is 11.2 Å². The molecule has 0 saturated carbocycles. The maximum atomic E-state index is 4.82. The normalized spacial score (nSPS) is 11.4. The third-order valence-electron chi connectivity index (χ3n) is 4.80. The summed E-state index contributed by atoms with van der Waals surface area (Å²) in [4.78, 5) is 21.7. The van der Waals surface area contributed by atoms with Gasteiger partial charge >= 0.3 is 0 Å². The second kappa shape index (κ2) is 6.32.